The highest BCUT2D eigenvalue weighted by Gasteiger charge is 2.30. The lowest BCUT2D eigenvalue weighted by molar-refractivity contribution is 0.0122. The number of ether oxygens (including phenoxy) is 1. The molecule has 0 amide bonds. The molecule has 1 atom stereocenters. The zero-order valence-corrected chi connectivity index (χ0v) is 10.7. The molecule has 1 aromatic heterocycles. The van der Waals surface area contributed by atoms with Gasteiger partial charge in [-0.05, 0) is 12.1 Å². The van der Waals surface area contributed by atoms with E-state index in [1.165, 1.54) is 16.6 Å². The van der Waals surface area contributed by atoms with Crippen LogP contribution in [0.2, 0.25) is 0 Å². The van der Waals surface area contributed by atoms with E-state index in [0.717, 1.165) is 0 Å². The van der Waals surface area contributed by atoms with Gasteiger partial charge < -0.3 is 4.74 Å². The van der Waals surface area contributed by atoms with Crippen LogP contribution in [-0.2, 0) is 14.8 Å². The summed E-state index contributed by atoms with van der Waals surface area (Å²) in [5.41, 5.74) is 0. The number of hydrogen-bond donors (Lipinski definition) is 0. The van der Waals surface area contributed by atoms with Gasteiger partial charge >= 0.3 is 0 Å². The standard InChI is InChI=1S/C10H13ClN2O3S/c11-6-9-8-13(4-5-16-9)17(14,15)10-2-1-3-12-7-10/h1-3,7,9H,4-6,8H2. The molecule has 2 rings (SSSR count). The van der Waals surface area contributed by atoms with Gasteiger partial charge in [0.25, 0.3) is 0 Å². The van der Waals surface area contributed by atoms with Crippen LogP contribution in [0.15, 0.2) is 29.4 Å². The molecule has 17 heavy (non-hydrogen) atoms. The van der Waals surface area contributed by atoms with Crippen molar-refractivity contribution < 1.29 is 13.2 Å². The molecule has 0 radical (unpaired) electrons. The maximum Gasteiger partial charge on any atom is 0.244 e. The van der Waals surface area contributed by atoms with Crippen LogP contribution in [-0.4, -0.2) is 49.4 Å². The molecule has 0 spiro atoms. The van der Waals surface area contributed by atoms with Gasteiger partial charge in [-0.1, -0.05) is 0 Å². The number of sulfonamides is 1. The van der Waals surface area contributed by atoms with E-state index in [4.69, 9.17) is 16.3 Å². The first-order valence-corrected chi connectivity index (χ1v) is 7.20. The molecule has 1 saturated heterocycles. The molecule has 1 aliphatic rings. The summed E-state index contributed by atoms with van der Waals surface area (Å²) >= 11 is 5.68. The molecule has 1 aliphatic heterocycles. The second-order valence-corrected chi connectivity index (χ2v) is 5.95. The van der Waals surface area contributed by atoms with Gasteiger partial charge in [-0.3, -0.25) is 4.98 Å². The lowest BCUT2D eigenvalue weighted by Gasteiger charge is -2.31. The third kappa shape index (κ3) is 2.77. The Hall–Kier alpha value is -0.690. The zero-order chi connectivity index (χ0) is 12.3. The fourth-order valence-corrected chi connectivity index (χ4v) is 3.26. The van der Waals surface area contributed by atoms with Gasteiger partial charge in [0.1, 0.15) is 4.90 Å². The minimum absolute atomic E-state index is 0.204. The van der Waals surface area contributed by atoms with E-state index in [1.54, 1.807) is 12.3 Å². The van der Waals surface area contributed by atoms with Crippen molar-refractivity contribution in [2.24, 2.45) is 0 Å². The van der Waals surface area contributed by atoms with Crippen molar-refractivity contribution in [2.75, 3.05) is 25.6 Å². The van der Waals surface area contributed by atoms with Gasteiger partial charge in [0.15, 0.2) is 0 Å². The molecule has 5 nitrogen and oxygen atoms in total. The number of aromatic nitrogens is 1. The van der Waals surface area contributed by atoms with Crippen molar-refractivity contribution in [2.45, 2.75) is 11.0 Å². The fourth-order valence-electron chi connectivity index (χ4n) is 1.65. The van der Waals surface area contributed by atoms with Crippen molar-refractivity contribution in [3.63, 3.8) is 0 Å². The van der Waals surface area contributed by atoms with Crippen LogP contribution in [0.1, 0.15) is 0 Å². The highest BCUT2D eigenvalue weighted by atomic mass is 35.5. The number of hydrogen-bond acceptors (Lipinski definition) is 4. The summed E-state index contributed by atoms with van der Waals surface area (Å²) < 4.78 is 31.2. The molecule has 1 unspecified atom stereocenters. The predicted octanol–water partition coefficient (Wildman–Crippen LogP) is 0.710. The van der Waals surface area contributed by atoms with Gasteiger partial charge in [-0.2, -0.15) is 4.31 Å². The summed E-state index contributed by atoms with van der Waals surface area (Å²) in [6.07, 6.45) is 2.65. The molecule has 0 N–H and O–H groups in total. The van der Waals surface area contributed by atoms with Gasteiger partial charge in [0.05, 0.1) is 12.7 Å². The summed E-state index contributed by atoms with van der Waals surface area (Å²) in [6.45, 7) is 1.02. The summed E-state index contributed by atoms with van der Waals surface area (Å²) in [6, 6.07) is 3.14. The Morgan fingerprint density at radius 3 is 3.06 bits per heavy atom. The molecule has 0 aromatic carbocycles. The van der Waals surface area contributed by atoms with Crippen LogP contribution in [0.5, 0.6) is 0 Å². The van der Waals surface area contributed by atoms with Gasteiger partial charge in [0, 0.05) is 31.4 Å². The number of halogens is 1. The zero-order valence-electron chi connectivity index (χ0n) is 9.12. The lowest BCUT2D eigenvalue weighted by atomic mass is 10.3. The summed E-state index contributed by atoms with van der Waals surface area (Å²) in [4.78, 5) is 4.03. The Balaban J connectivity index is 2.21. The molecular weight excluding hydrogens is 264 g/mol. The molecule has 7 heteroatoms. The Bertz CT molecular complexity index is 466. The van der Waals surface area contributed by atoms with Crippen molar-refractivity contribution in [1.29, 1.82) is 0 Å². The molecule has 94 valence electrons. The predicted molar refractivity (Wildman–Crippen MR) is 63.5 cm³/mol. The molecule has 2 heterocycles. The second kappa shape index (κ2) is 5.30. The monoisotopic (exact) mass is 276 g/mol. The normalized spacial score (nSPS) is 22.5. The van der Waals surface area contributed by atoms with Crippen LogP contribution < -0.4 is 0 Å². The second-order valence-electron chi connectivity index (χ2n) is 3.70. The van der Waals surface area contributed by atoms with E-state index >= 15 is 0 Å². The average molecular weight is 277 g/mol. The van der Waals surface area contributed by atoms with Crippen LogP contribution in [0.4, 0.5) is 0 Å². The molecule has 1 aromatic rings. The first kappa shape index (κ1) is 12.8. The van der Waals surface area contributed by atoms with Gasteiger partial charge in [-0.15, -0.1) is 11.6 Å². The van der Waals surface area contributed by atoms with E-state index in [2.05, 4.69) is 4.98 Å². The summed E-state index contributed by atoms with van der Waals surface area (Å²) in [5, 5.41) is 0. The highest BCUT2D eigenvalue weighted by Crippen LogP contribution is 2.18. The first-order chi connectivity index (χ1) is 8.14. The first-order valence-electron chi connectivity index (χ1n) is 5.22. The van der Waals surface area contributed by atoms with Crippen LogP contribution in [0, 0.1) is 0 Å². The Morgan fingerprint density at radius 2 is 2.41 bits per heavy atom. The van der Waals surface area contributed by atoms with Crippen molar-refractivity contribution in [3.8, 4) is 0 Å². The fraction of sp³-hybridized carbons (Fsp3) is 0.500. The molecule has 0 aliphatic carbocycles. The minimum atomic E-state index is -3.47. The third-order valence-electron chi connectivity index (χ3n) is 2.55. The quantitative estimate of drug-likeness (QED) is 0.763. The van der Waals surface area contributed by atoms with E-state index in [-0.39, 0.29) is 11.0 Å². The van der Waals surface area contributed by atoms with E-state index in [0.29, 0.717) is 25.6 Å². The van der Waals surface area contributed by atoms with Crippen LogP contribution in [0.25, 0.3) is 0 Å². The third-order valence-corrected chi connectivity index (χ3v) is 4.74. The average Bonchev–Trinajstić information content (AvgIpc) is 2.40. The van der Waals surface area contributed by atoms with E-state index < -0.39 is 10.0 Å². The molecular formula is C10H13ClN2O3S. The number of pyridine rings is 1. The Morgan fingerprint density at radius 1 is 1.59 bits per heavy atom. The minimum Gasteiger partial charge on any atom is -0.374 e. The topological polar surface area (TPSA) is 59.5 Å². The smallest absolute Gasteiger partial charge is 0.244 e. The van der Waals surface area contributed by atoms with Crippen molar-refractivity contribution in [3.05, 3.63) is 24.5 Å². The molecule has 1 fully saturated rings. The van der Waals surface area contributed by atoms with Crippen LogP contribution >= 0.6 is 11.6 Å². The van der Waals surface area contributed by atoms with Gasteiger partial charge in [0.2, 0.25) is 10.0 Å². The number of nitrogens with zero attached hydrogens (tertiary/aromatic N) is 2. The maximum absolute atomic E-state index is 12.2. The van der Waals surface area contributed by atoms with E-state index in [1.807, 2.05) is 0 Å². The van der Waals surface area contributed by atoms with Gasteiger partial charge in [-0.25, -0.2) is 8.42 Å². The maximum atomic E-state index is 12.2. The van der Waals surface area contributed by atoms with Crippen molar-refractivity contribution in [1.82, 2.24) is 9.29 Å². The Labute approximate surface area is 105 Å². The SMILES string of the molecule is O=S(=O)(c1cccnc1)N1CCOC(CCl)C1. The summed E-state index contributed by atoms with van der Waals surface area (Å²) in [7, 11) is -3.47. The number of alkyl halides is 1. The summed E-state index contributed by atoms with van der Waals surface area (Å²) in [5.74, 6) is 0.291. The largest absolute Gasteiger partial charge is 0.374 e. The molecule has 0 saturated carbocycles. The number of rotatable bonds is 3. The highest BCUT2D eigenvalue weighted by molar-refractivity contribution is 7.89. The lowest BCUT2D eigenvalue weighted by Crippen LogP contribution is -2.46. The van der Waals surface area contributed by atoms with Crippen LogP contribution in [0.3, 0.4) is 0 Å². The van der Waals surface area contributed by atoms with Crippen molar-refractivity contribution >= 4 is 21.6 Å². The Kier molecular flexibility index (Phi) is 3.98. The number of morpholine rings is 1. The van der Waals surface area contributed by atoms with E-state index in [9.17, 15) is 8.42 Å². The molecule has 0 bridgehead atoms.